The van der Waals surface area contributed by atoms with Gasteiger partial charge in [-0.2, -0.15) is 13.2 Å². The number of benzene rings is 1. The van der Waals surface area contributed by atoms with Crippen molar-refractivity contribution >= 4 is 21.4 Å². The van der Waals surface area contributed by atoms with Crippen LogP contribution in [0.3, 0.4) is 0 Å². The van der Waals surface area contributed by atoms with Crippen LogP contribution in [-0.4, -0.2) is 13.2 Å². The van der Waals surface area contributed by atoms with Crippen molar-refractivity contribution in [3.8, 4) is 0 Å². The van der Waals surface area contributed by atoms with Gasteiger partial charge in [0.15, 0.2) is 0 Å². The Morgan fingerprint density at radius 2 is 1.68 bits per heavy atom. The highest BCUT2D eigenvalue weighted by Gasteiger charge is 2.34. The Balaban J connectivity index is 3.20. The minimum atomic E-state index is -4.63. The summed E-state index contributed by atoms with van der Waals surface area (Å²) >= 11 is 0. The van der Waals surface area contributed by atoms with Gasteiger partial charge in [0.25, 0.3) is 0 Å². The Hall–Kier alpha value is -1.44. The molecule has 0 heterocycles. The molecule has 0 amide bonds. The molecule has 0 unspecified atom stereocenters. The van der Waals surface area contributed by atoms with E-state index in [2.05, 4.69) is 4.72 Å². The lowest BCUT2D eigenvalue weighted by molar-refractivity contribution is -0.136. The van der Waals surface area contributed by atoms with Crippen LogP contribution in [0.25, 0.3) is 0 Å². The Bertz CT molecular complexity index is 575. The molecule has 4 nitrogen and oxygen atoms in total. The maximum Gasteiger partial charge on any atom is 0.418 e. The van der Waals surface area contributed by atoms with Crippen LogP contribution in [0.2, 0.25) is 0 Å². The molecule has 3 N–H and O–H groups in total. The van der Waals surface area contributed by atoms with Gasteiger partial charge in [0.05, 0.1) is 10.3 Å². The Labute approximate surface area is 109 Å². The quantitative estimate of drug-likeness (QED) is 0.824. The normalized spacial score (nSPS) is 13.4. The predicted octanol–water partition coefficient (Wildman–Crippen LogP) is 2.83. The summed E-state index contributed by atoms with van der Waals surface area (Å²) in [4.78, 5) is 0. The summed E-state index contributed by atoms with van der Waals surface area (Å²) in [5.41, 5.74) is 3.54. The first kappa shape index (κ1) is 15.6. The second kappa shape index (κ2) is 4.59. The lowest BCUT2D eigenvalue weighted by Crippen LogP contribution is -2.33. The van der Waals surface area contributed by atoms with Crippen molar-refractivity contribution in [2.75, 3.05) is 10.5 Å². The molecule has 1 aromatic rings. The number of hydrogen-bond acceptors (Lipinski definition) is 3. The number of sulfonamides is 1. The number of nitrogens with two attached hydrogens (primary N) is 1. The Morgan fingerprint density at radius 1 is 1.16 bits per heavy atom. The number of nitrogen functional groups attached to an aromatic ring is 1. The number of halogens is 3. The highest BCUT2D eigenvalue weighted by Crippen LogP contribution is 2.35. The monoisotopic (exact) mass is 296 g/mol. The highest BCUT2D eigenvalue weighted by atomic mass is 32.2. The number of hydrogen-bond donors (Lipinski definition) is 2. The third-order valence-electron chi connectivity index (χ3n) is 2.42. The first-order valence-corrected chi connectivity index (χ1v) is 6.82. The van der Waals surface area contributed by atoms with Crippen molar-refractivity contribution in [1.82, 2.24) is 0 Å². The summed E-state index contributed by atoms with van der Waals surface area (Å²) < 4.78 is 62.6. The first-order valence-electron chi connectivity index (χ1n) is 5.34. The topological polar surface area (TPSA) is 72.2 Å². The van der Waals surface area contributed by atoms with Gasteiger partial charge in [-0.15, -0.1) is 0 Å². The van der Waals surface area contributed by atoms with Gasteiger partial charge in [-0.05, 0) is 39.0 Å². The average Bonchev–Trinajstić information content (AvgIpc) is 2.17. The van der Waals surface area contributed by atoms with Gasteiger partial charge < -0.3 is 5.73 Å². The van der Waals surface area contributed by atoms with E-state index in [1.807, 2.05) is 0 Å². The average molecular weight is 296 g/mol. The van der Waals surface area contributed by atoms with E-state index in [0.717, 1.165) is 6.07 Å². The number of anilines is 2. The van der Waals surface area contributed by atoms with Crippen LogP contribution in [0.4, 0.5) is 24.5 Å². The van der Waals surface area contributed by atoms with Gasteiger partial charge in [-0.3, -0.25) is 4.72 Å². The SMILES string of the molecule is CC(C)(C)S(=O)(=O)Nc1ccc(N)c(C(F)(F)F)c1. The molecule has 0 saturated heterocycles. The van der Waals surface area contributed by atoms with E-state index in [-0.39, 0.29) is 5.69 Å². The largest absolute Gasteiger partial charge is 0.418 e. The van der Waals surface area contributed by atoms with Crippen molar-refractivity contribution < 1.29 is 21.6 Å². The molecule has 0 atom stereocenters. The third kappa shape index (κ3) is 3.52. The Kier molecular flexibility index (Phi) is 3.77. The van der Waals surface area contributed by atoms with Crippen molar-refractivity contribution in [3.05, 3.63) is 23.8 Å². The molecule has 8 heteroatoms. The zero-order valence-corrected chi connectivity index (χ0v) is 11.5. The smallest absolute Gasteiger partial charge is 0.398 e. The summed E-state index contributed by atoms with van der Waals surface area (Å²) in [5, 5.41) is 0. The summed E-state index contributed by atoms with van der Waals surface area (Å²) in [6, 6.07) is 2.88. The molecule has 108 valence electrons. The number of alkyl halides is 3. The fourth-order valence-electron chi connectivity index (χ4n) is 1.17. The standard InChI is InChI=1S/C11H15F3N2O2S/c1-10(2,3)19(17,18)16-7-4-5-9(15)8(6-7)11(12,13)14/h4-6,16H,15H2,1-3H3. The van der Waals surface area contributed by atoms with Crippen molar-refractivity contribution in [2.24, 2.45) is 0 Å². The summed E-state index contributed by atoms with van der Waals surface area (Å²) in [6.07, 6.45) is -4.63. The van der Waals surface area contributed by atoms with Crippen molar-refractivity contribution in [1.29, 1.82) is 0 Å². The van der Waals surface area contributed by atoms with E-state index in [4.69, 9.17) is 5.73 Å². The molecule has 0 fully saturated rings. The molecule has 1 aromatic carbocycles. The fraction of sp³-hybridized carbons (Fsp3) is 0.455. The van der Waals surface area contributed by atoms with Crippen molar-refractivity contribution in [2.45, 2.75) is 31.7 Å². The highest BCUT2D eigenvalue weighted by molar-refractivity contribution is 7.94. The third-order valence-corrected chi connectivity index (χ3v) is 4.53. The fourth-order valence-corrected chi connectivity index (χ4v) is 1.92. The van der Waals surface area contributed by atoms with Gasteiger partial charge in [-0.1, -0.05) is 0 Å². The van der Waals surface area contributed by atoms with E-state index in [9.17, 15) is 21.6 Å². The van der Waals surface area contributed by atoms with Crippen LogP contribution in [0.15, 0.2) is 18.2 Å². The molecule has 0 aliphatic rings. The molecular weight excluding hydrogens is 281 g/mol. The van der Waals surface area contributed by atoms with Gasteiger partial charge in [0.2, 0.25) is 10.0 Å². The van der Waals surface area contributed by atoms with E-state index < -0.39 is 32.2 Å². The van der Waals surface area contributed by atoms with Crippen molar-refractivity contribution in [3.63, 3.8) is 0 Å². The van der Waals surface area contributed by atoms with Crippen LogP contribution >= 0.6 is 0 Å². The van der Waals surface area contributed by atoms with E-state index in [1.54, 1.807) is 0 Å². The summed E-state index contributed by atoms with van der Waals surface area (Å²) in [6.45, 7) is 4.33. The maximum absolute atomic E-state index is 12.6. The molecule has 0 bridgehead atoms. The van der Waals surface area contributed by atoms with Crippen LogP contribution in [0.5, 0.6) is 0 Å². The second-order valence-electron chi connectivity index (χ2n) is 5.02. The molecule has 0 aliphatic heterocycles. The number of nitrogens with one attached hydrogen (secondary N) is 1. The van der Waals surface area contributed by atoms with Crippen LogP contribution in [0.1, 0.15) is 26.3 Å². The summed E-state index contributed by atoms with van der Waals surface area (Å²) in [5.74, 6) is 0. The van der Waals surface area contributed by atoms with Gasteiger partial charge in [0.1, 0.15) is 0 Å². The molecule has 1 rings (SSSR count). The van der Waals surface area contributed by atoms with Crippen LogP contribution in [0, 0.1) is 0 Å². The van der Waals surface area contributed by atoms with Gasteiger partial charge >= 0.3 is 6.18 Å². The zero-order chi connectivity index (χ0) is 15.1. The molecule has 0 spiro atoms. The first-order chi connectivity index (χ1) is 8.34. The lowest BCUT2D eigenvalue weighted by Gasteiger charge is -2.21. The minimum Gasteiger partial charge on any atom is -0.398 e. The van der Waals surface area contributed by atoms with Gasteiger partial charge in [-0.25, -0.2) is 8.42 Å². The van der Waals surface area contributed by atoms with Crippen LogP contribution < -0.4 is 10.5 Å². The molecule has 0 radical (unpaired) electrons. The van der Waals surface area contributed by atoms with E-state index in [1.165, 1.54) is 26.8 Å². The molecule has 0 aromatic heterocycles. The van der Waals surface area contributed by atoms with Crippen LogP contribution in [-0.2, 0) is 16.2 Å². The Morgan fingerprint density at radius 3 is 2.11 bits per heavy atom. The molecule has 0 saturated carbocycles. The predicted molar refractivity (Wildman–Crippen MR) is 68.2 cm³/mol. The zero-order valence-electron chi connectivity index (χ0n) is 10.7. The second-order valence-corrected chi connectivity index (χ2v) is 7.45. The summed E-state index contributed by atoms with van der Waals surface area (Å²) in [7, 11) is -3.78. The van der Waals surface area contributed by atoms with E-state index in [0.29, 0.717) is 6.07 Å². The molecule has 0 aliphatic carbocycles. The lowest BCUT2D eigenvalue weighted by atomic mass is 10.1. The van der Waals surface area contributed by atoms with Gasteiger partial charge in [0, 0.05) is 11.4 Å². The van der Waals surface area contributed by atoms with E-state index >= 15 is 0 Å². The molecule has 19 heavy (non-hydrogen) atoms. The maximum atomic E-state index is 12.6. The number of rotatable bonds is 2. The minimum absolute atomic E-state index is 0.170. The molecular formula is C11H15F3N2O2S.